The summed E-state index contributed by atoms with van der Waals surface area (Å²) in [5.74, 6) is 0. The van der Waals surface area contributed by atoms with Gasteiger partial charge >= 0.3 is 7.12 Å². The first-order valence-corrected chi connectivity index (χ1v) is 7.24. The zero-order valence-electron chi connectivity index (χ0n) is 12.7. The standard InChI is InChI=1S/C15H25BN2O2/c1-17(2)15(8-5-9-15)12-18(3)11-13-6-4-7-14(10-13)16(19)20/h4,6-7,10,19-20H,5,8-9,11-12H2,1-3H3. The van der Waals surface area contributed by atoms with Crippen LogP contribution in [0.3, 0.4) is 0 Å². The molecular weight excluding hydrogens is 251 g/mol. The maximum absolute atomic E-state index is 9.22. The molecule has 1 fully saturated rings. The predicted octanol–water partition coefficient (Wildman–Crippen LogP) is 0.282. The molecule has 0 radical (unpaired) electrons. The molecule has 1 saturated carbocycles. The molecule has 0 atom stereocenters. The van der Waals surface area contributed by atoms with E-state index in [4.69, 9.17) is 0 Å². The lowest BCUT2D eigenvalue weighted by molar-refractivity contribution is 0.0259. The van der Waals surface area contributed by atoms with Crippen molar-refractivity contribution < 1.29 is 10.0 Å². The average molecular weight is 276 g/mol. The van der Waals surface area contributed by atoms with E-state index in [2.05, 4.69) is 30.9 Å². The van der Waals surface area contributed by atoms with Crippen LogP contribution in [0.1, 0.15) is 24.8 Å². The van der Waals surface area contributed by atoms with E-state index in [0.717, 1.165) is 18.7 Å². The molecule has 0 bridgehead atoms. The van der Waals surface area contributed by atoms with Crippen LogP contribution < -0.4 is 5.46 Å². The van der Waals surface area contributed by atoms with Crippen molar-refractivity contribution in [1.29, 1.82) is 0 Å². The molecule has 0 heterocycles. The Labute approximate surface area is 122 Å². The third-order valence-corrected chi connectivity index (χ3v) is 4.50. The number of hydrogen-bond donors (Lipinski definition) is 2. The monoisotopic (exact) mass is 276 g/mol. The van der Waals surface area contributed by atoms with E-state index < -0.39 is 7.12 Å². The lowest BCUT2D eigenvalue weighted by Crippen LogP contribution is -2.56. The summed E-state index contributed by atoms with van der Waals surface area (Å²) >= 11 is 0. The first-order chi connectivity index (χ1) is 9.43. The summed E-state index contributed by atoms with van der Waals surface area (Å²) in [5.41, 5.74) is 2.00. The third-order valence-electron chi connectivity index (χ3n) is 4.50. The van der Waals surface area contributed by atoms with E-state index in [1.807, 2.05) is 18.2 Å². The molecule has 1 aliphatic carbocycles. The van der Waals surface area contributed by atoms with Gasteiger partial charge in [-0.2, -0.15) is 0 Å². The molecule has 4 nitrogen and oxygen atoms in total. The Bertz CT molecular complexity index is 447. The van der Waals surface area contributed by atoms with Gasteiger partial charge in [-0.05, 0) is 51.4 Å². The predicted molar refractivity (Wildman–Crippen MR) is 82.9 cm³/mol. The minimum Gasteiger partial charge on any atom is -0.423 e. The van der Waals surface area contributed by atoms with Gasteiger partial charge in [-0.1, -0.05) is 24.3 Å². The second-order valence-corrected chi connectivity index (χ2v) is 6.26. The van der Waals surface area contributed by atoms with Crippen LogP contribution in [0.15, 0.2) is 24.3 Å². The largest absolute Gasteiger partial charge is 0.488 e. The molecule has 0 spiro atoms. The van der Waals surface area contributed by atoms with E-state index >= 15 is 0 Å². The van der Waals surface area contributed by atoms with Crippen molar-refractivity contribution in [3.8, 4) is 0 Å². The number of hydrogen-bond acceptors (Lipinski definition) is 4. The molecule has 1 aromatic carbocycles. The smallest absolute Gasteiger partial charge is 0.423 e. The van der Waals surface area contributed by atoms with E-state index in [1.54, 1.807) is 6.07 Å². The molecular formula is C15H25BN2O2. The van der Waals surface area contributed by atoms with Gasteiger partial charge in [-0.3, -0.25) is 0 Å². The highest BCUT2D eigenvalue weighted by Gasteiger charge is 2.39. The molecule has 0 saturated heterocycles. The Morgan fingerprint density at radius 3 is 2.40 bits per heavy atom. The number of rotatable bonds is 6. The average Bonchev–Trinajstić information content (AvgIpc) is 2.33. The van der Waals surface area contributed by atoms with Gasteiger partial charge in [0.25, 0.3) is 0 Å². The van der Waals surface area contributed by atoms with Crippen LogP contribution >= 0.6 is 0 Å². The van der Waals surface area contributed by atoms with Crippen LogP contribution in [0.5, 0.6) is 0 Å². The van der Waals surface area contributed by atoms with Gasteiger partial charge in [-0.15, -0.1) is 0 Å². The Hall–Kier alpha value is -0.875. The number of nitrogens with zero attached hydrogens (tertiary/aromatic N) is 2. The Morgan fingerprint density at radius 2 is 1.90 bits per heavy atom. The summed E-state index contributed by atoms with van der Waals surface area (Å²) in [4.78, 5) is 4.67. The van der Waals surface area contributed by atoms with Crippen LogP contribution in [0.4, 0.5) is 0 Å². The zero-order valence-corrected chi connectivity index (χ0v) is 12.7. The van der Waals surface area contributed by atoms with E-state index in [1.165, 1.54) is 19.3 Å². The molecule has 2 rings (SSSR count). The molecule has 0 unspecified atom stereocenters. The molecule has 0 aromatic heterocycles. The summed E-state index contributed by atoms with van der Waals surface area (Å²) in [6.07, 6.45) is 3.84. The van der Waals surface area contributed by atoms with Crippen LogP contribution in [0.25, 0.3) is 0 Å². The number of likely N-dealkylation sites (N-methyl/N-ethyl adjacent to an activating group) is 2. The normalized spacial score (nSPS) is 17.4. The fraction of sp³-hybridized carbons (Fsp3) is 0.600. The zero-order chi connectivity index (χ0) is 14.8. The lowest BCUT2D eigenvalue weighted by atomic mass is 9.75. The van der Waals surface area contributed by atoms with Gasteiger partial charge in [0.05, 0.1) is 0 Å². The van der Waals surface area contributed by atoms with Gasteiger partial charge in [-0.25, -0.2) is 0 Å². The van der Waals surface area contributed by atoms with Crippen molar-refractivity contribution in [3.05, 3.63) is 29.8 Å². The van der Waals surface area contributed by atoms with Crippen molar-refractivity contribution >= 4 is 12.6 Å². The summed E-state index contributed by atoms with van der Waals surface area (Å²) in [7, 11) is 5.07. The van der Waals surface area contributed by atoms with Gasteiger partial charge in [0, 0.05) is 18.6 Å². The summed E-state index contributed by atoms with van der Waals surface area (Å²) in [6, 6.07) is 7.51. The Balaban J connectivity index is 1.97. The topological polar surface area (TPSA) is 46.9 Å². The molecule has 110 valence electrons. The molecule has 1 aromatic rings. The minimum atomic E-state index is -1.39. The van der Waals surface area contributed by atoms with E-state index in [-0.39, 0.29) is 0 Å². The van der Waals surface area contributed by atoms with Crippen LogP contribution in [0.2, 0.25) is 0 Å². The van der Waals surface area contributed by atoms with Crippen molar-refractivity contribution in [2.45, 2.75) is 31.3 Å². The maximum atomic E-state index is 9.22. The minimum absolute atomic E-state index is 0.322. The highest BCUT2D eigenvalue weighted by molar-refractivity contribution is 6.58. The highest BCUT2D eigenvalue weighted by Crippen LogP contribution is 2.36. The fourth-order valence-electron chi connectivity index (χ4n) is 3.05. The van der Waals surface area contributed by atoms with E-state index in [0.29, 0.717) is 11.0 Å². The van der Waals surface area contributed by atoms with Crippen molar-refractivity contribution in [2.24, 2.45) is 0 Å². The molecule has 20 heavy (non-hydrogen) atoms. The summed E-state index contributed by atoms with van der Waals surface area (Å²) < 4.78 is 0. The third kappa shape index (κ3) is 3.41. The fourth-order valence-corrected chi connectivity index (χ4v) is 3.05. The first kappa shape index (κ1) is 15.5. The second-order valence-electron chi connectivity index (χ2n) is 6.26. The van der Waals surface area contributed by atoms with Crippen LogP contribution in [0, 0.1) is 0 Å². The van der Waals surface area contributed by atoms with Gasteiger partial charge in [0.1, 0.15) is 0 Å². The second kappa shape index (κ2) is 6.27. The molecule has 0 aliphatic heterocycles. The molecule has 2 N–H and O–H groups in total. The summed E-state index contributed by atoms with van der Waals surface area (Å²) in [6.45, 7) is 1.88. The Kier molecular flexibility index (Phi) is 4.86. The maximum Gasteiger partial charge on any atom is 0.488 e. The van der Waals surface area contributed by atoms with Crippen molar-refractivity contribution in [2.75, 3.05) is 27.7 Å². The molecule has 5 heteroatoms. The number of benzene rings is 1. The van der Waals surface area contributed by atoms with Gasteiger partial charge in [0.2, 0.25) is 0 Å². The first-order valence-electron chi connectivity index (χ1n) is 7.24. The molecule has 0 amide bonds. The molecule has 1 aliphatic rings. The lowest BCUT2D eigenvalue weighted by Gasteiger charge is -2.49. The van der Waals surface area contributed by atoms with Crippen LogP contribution in [-0.2, 0) is 6.54 Å². The Morgan fingerprint density at radius 1 is 1.20 bits per heavy atom. The van der Waals surface area contributed by atoms with Crippen molar-refractivity contribution in [1.82, 2.24) is 9.80 Å². The highest BCUT2D eigenvalue weighted by atomic mass is 16.4. The SMILES string of the molecule is CN(Cc1cccc(B(O)O)c1)CC1(N(C)C)CCC1. The summed E-state index contributed by atoms with van der Waals surface area (Å²) in [5, 5.41) is 18.4. The quantitative estimate of drug-likeness (QED) is 0.733. The van der Waals surface area contributed by atoms with Crippen LogP contribution in [-0.4, -0.2) is 60.2 Å². The van der Waals surface area contributed by atoms with Crippen molar-refractivity contribution in [3.63, 3.8) is 0 Å². The van der Waals surface area contributed by atoms with Gasteiger partial charge in [0.15, 0.2) is 0 Å². The van der Waals surface area contributed by atoms with Gasteiger partial charge < -0.3 is 19.8 Å². The van der Waals surface area contributed by atoms with E-state index in [9.17, 15) is 10.0 Å².